The summed E-state index contributed by atoms with van der Waals surface area (Å²) in [5.41, 5.74) is 0.305. The predicted octanol–water partition coefficient (Wildman–Crippen LogP) is 3.27. The number of halogens is 2. The van der Waals surface area contributed by atoms with Crippen LogP contribution in [0.2, 0.25) is 0 Å². The lowest BCUT2D eigenvalue weighted by molar-refractivity contribution is -0.140. The molecule has 0 amide bonds. The second-order valence-electron chi connectivity index (χ2n) is 4.18. The third-order valence-electron chi connectivity index (χ3n) is 3.17. The molecule has 1 saturated carbocycles. The summed E-state index contributed by atoms with van der Waals surface area (Å²) in [6.07, 6.45) is 1.82. The molecule has 1 aromatic carbocycles. The van der Waals surface area contributed by atoms with Crippen LogP contribution in [0.15, 0.2) is 16.6 Å². The van der Waals surface area contributed by atoms with Crippen LogP contribution in [0.5, 0.6) is 0 Å². The number of hydrogen-bond acceptors (Lipinski definition) is 1. The summed E-state index contributed by atoms with van der Waals surface area (Å²) in [6.45, 7) is 1.96. The van der Waals surface area contributed by atoms with Gasteiger partial charge in [-0.25, -0.2) is 4.39 Å². The highest BCUT2D eigenvalue weighted by Crippen LogP contribution is 2.50. The quantitative estimate of drug-likeness (QED) is 0.926. The van der Waals surface area contributed by atoms with Crippen LogP contribution in [0.25, 0.3) is 0 Å². The van der Waals surface area contributed by atoms with Gasteiger partial charge in [-0.05, 0) is 46.8 Å². The molecule has 0 unspecified atom stereocenters. The molecular weight excluding hydrogens is 275 g/mol. The van der Waals surface area contributed by atoms with Crippen molar-refractivity contribution in [3.05, 3.63) is 33.5 Å². The topological polar surface area (TPSA) is 37.3 Å². The van der Waals surface area contributed by atoms with Crippen LogP contribution in [-0.2, 0) is 16.6 Å². The van der Waals surface area contributed by atoms with Gasteiger partial charge in [0.05, 0.1) is 9.89 Å². The number of carboxylic acids is 1. The summed E-state index contributed by atoms with van der Waals surface area (Å²) in [5.74, 6) is -1.36. The number of benzene rings is 1. The third-order valence-corrected chi connectivity index (χ3v) is 3.75. The van der Waals surface area contributed by atoms with E-state index in [-0.39, 0.29) is 0 Å². The Morgan fingerprint density at radius 3 is 2.62 bits per heavy atom. The third kappa shape index (κ3) is 1.65. The molecule has 0 saturated heterocycles. The summed E-state index contributed by atoms with van der Waals surface area (Å²) in [7, 11) is 0. The zero-order chi connectivity index (χ0) is 11.9. The van der Waals surface area contributed by atoms with Crippen molar-refractivity contribution in [2.75, 3.05) is 0 Å². The van der Waals surface area contributed by atoms with Crippen LogP contribution in [0.3, 0.4) is 0 Å². The predicted molar refractivity (Wildman–Crippen MR) is 62.0 cm³/mol. The fourth-order valence-corrected chi connectivity index (χ4v) is 2.43. The zero-order valence-electron chi connectivity index (χ0n) is 8.89. The highest BCUT2D eigenvalue weighted by atomic mass is 79.9. The smallest absolute Gasteiger partial charge is 0.314 e. The maximum Gasteiger partial charge on any atom is 0.314 e. The molecule has 1 N–H and O–H groups in total. The maximum absolute atomic E-state index is 13.9. The number of carbonyl (C=O) groups is 1. The van der Waals surface area contributed by atoms with Crippen molar-refractivity contribution in [3.63, 3.8) is 0 Å². The molecular formula is C12H12BrFO2. The minimum absolute atomic E-state index is 0.325. The van der Waals surface area contributed by atoms with Gasteiger partial charge in [0.2, 0.25) is 0 Å². The normalized spacial score (nSPS) is 17.2. The Labute approximate surface area is 102 Å². The lowest BCUT2D eigenvalue weighted by Gasteiger charge is -2.14. The Morgan fingerprint density at radius 1 is 1.56 bits per heavy atom. The van der Waals surface area contributed by atoms with Crippen LogP contribution >= 0.6 is 15.9 Å². The van der Waals surface area contributed by atoms with Gasteiger partial charge in [-0.3, -0.25) is 4.79 Å². The molecule has 0 atom stereocenters. The molecule has 2 nitrogen and oxygen atoms in total. The van der Waals surface area contributed by atoms with Gasteiger partial charge in [0, 0.05) is 5.56 Å². The first kappa shape index (κ1) is 11.6. The summed E-state index contributed by atoms with van der Waals surface area (Å²) in [5, 5.41) is 9.15. The molecule has 0 aromatic heterocycles. The van der Waals surface area contributed by atoms with Crippen molar-refractivity contribution in [1.29, 1.82) is 0 Å². The monoisotopic (exact) mass is 286 g/mol. The van der Waals surface area contributed by atoms with Gasteiger partial charge in [0.15, 0.2) is 0 Å². The van der Waals surface area contributed by atoms with E-state index in [1.807, 2.05) is 6.92 Å². The standard InChI is InChI=1S/C12H12BrFO2/c1-2-7-5-8(10(14)9(13)6-7)12(3-4-12)11(15)16/h5-6H,2-4H2,1H3,(H,15,16). The molecule has 0 aliphatic heterocycles. The molecule has 0 bridgehead atoms. The Morgan fingerprint density at radius 2 is 2.19 bits per heavy atom. The van der Waals surface area contributed by atoms with E-state index < -0.39 is 17.2 Å². The van der Waals surface area contributed by atoms with E-state index in [0.717, 1.165) is 12.0 Å². The second kappa shape index (κ2) is 3.84. The van der Waals surface area contributed by atoms with Gasteiger partial charge in [-0.1, -0.05) is 13.0 Å². The molecule has 1 aromatic rings. The van der Waals surface area contributed by atoms with Crippen molar-refractivity contribution in [2.24, 2.45) is 0 Å². The summed E-state index contributed by atoms with van der Waals surface area (Å²) in [4.78, 5) is 11.2. The fourth-order valence-electron chi connectivity index (χ4n) is 1.92. The molecule has 4 heteroatoms. The molecule has 16 heavy (non-hydrogen) atoms. The summed E-state index contributed by atoms with van der Waals surface area (Å²) < 4.78 is 14.3. The first-order valence-electron chi connectivity index (χ1n) is 5.23. The Kier molecular flexibility index (Phi) is 2.78. The Hall–Kier alpha value is -0.900. The van der Waals surface area contributed by atoms with Crippen molar-refractivity contribution in [3.8, 4) is 0 Å². The van der Waals surface area contributed by atoms with Crippen LogP contribution in [0, 0.1) is 5.82 Å². The van der Waals surface area contributed by atoms with E-state index in [2.05, 4.69) is 15.9 Å². The molecule has 1 aliphatic rings. The van der Waals surface area contributed by atoms with Crippen LogP contribution in [-0.4, -0.2) is 11.1 Å². The fraction of sp³-hybridized carbons (Fsp3) is 0.417. The summed E-state index contributed by atoms with van der Waals surface area (Å²) >= 11 is 3.14. The minimum Gasteiger partial charge on any atom is -0.481 e. The second-order valence-corrected chi connectivity index (χ2v) is 5.03. The maximum atomic E-state index is 13.9. The highest BCUT2D eigenvalue weighted by Gasteiger charge is 2.53. The molecule has 0 heterocycles. The number of rotatable bonds is 3. The molecule has 1 fully saturated rings. The number of aryl methyl sites for hydroxylation is 1. The van der Waals surface area contributed by atoms with Gasteiger partial charge < -0.3 is 5.11 Å². The molecule has 2 rings (SSSR count). The first-order chi connectivity index (χ1) is 7.51. The first-order valence-corrected chi connectivity index (χ1v) is 6.02. The van der Waals surface area contributed by atoms with Gasteiger partial charge >= 0.3 is 5.97 Å². The van der Waals surface area contributed by atoms with Crippen molar-refractivity contribution in [2.45, 2.75) is 31.6 Å². The molecule has 0 spiro atoms. The Bertz CT molecular complexity index is 453. The average molecular weight is 287 g/mol. The van der Waals surface area contributed by atoms with E-state index in [1.165, 1.54) is 0 Å². The van der Waals surface area contributed by atoms with Crippen molar-refractivity contribution in [1.82, 2.24) is 0 Å². The van der Waals surface area contributed by atoms with E-state index >= 15 is 0 Å². The summed E-state index contributed by atoms with van der Waals surface area (Å²) in [6, 6.07) is 3.39. The lowest BCUT2D eigenvalue weighted by Crippen LogP contribution is -2.21. The molecule has 1 aliphatic carbocycles. The number of aliphatic carboxylic acids is 1. The van der Waals surface area contributed by atoms with E-state index in [0.29, 0.717) is 22.9 Å². The van der Waals surface area contributed by atoms with Gasteiger partial charge in [0.1, 0.15) is 5.82 Å². The lowest BCUT2D eigenvalue weighted by atomic mass is 9.93. The highest BCUT2D eigenvalue weighted by molar-refractivity contribution is 9.10. The zero-order valence-corrected chi connectivity index (χ0v) is 10.5. The van der Waals surface area contributed by atoms with E-state index in [4.69, 9.17) is 5.11 Å². The van der Waals surface area contributed by atoms with Gasteiger partial charge in [0.25, 0.3) is 0 Å². The average Bonchev–Trinajstić information content (AvgIpc) is 3.02. The number of hydrogen-bond donors (Lipinski definition) is 1. The van der Waals surface area contributed by atoms with Gasteiger partial charge in [-0.2, -0.15) is 0 Å². The van der Waals surface area contributed by atoms with Crippen LogP contribution in [0.4, 0.5) is 4.39 Å². The molecule has 86 valence electrons. The van der Waals surface area contributed by atoms with E-state index in [9.17, 15) is 9.18 Å². The minimum atomic E-state index is -0.974. The number of carboxylic acid groups (broad SMARTS) is 1. The van der Waals surface area contributed by atoms with Crippen LogP contribution in [0.1, 0.15) is 30.9 Å². The van der Waals surface area contributed by atoms with Gasteiger partial charge in [-0.15, -0.1) is 0 Å². The Balaban J connectivity index is 2.56. The van der Waals surface area contributed by atoms with Crippen molar-refractivity contribution < 1.29 is 14.3 Å². The SMILES string of the molecule is CCc1cc(Br)c(F)c(C2(C(=O)O)CC2)c1. The van der Waals surface area contributed by atoms with Crippen molar-refractivity contribution >= 4 is 21.9 Å². The van der Waals surface area contributed by atoms with Crippen LogP contribution < -0.4 is 0 Å². The molecule has 0 radical (unpaired) electrons. The largest absolute Gasteiger partial charge is 0.481 e. The van der Waals surface area contributed by atoms with E-state index in [1.54, 1.807) is 12.1 Å².